The number of rotatable bonds is 5. The Labute approximate surface area is 143 Å². The number of benzene rings is 2. The van der Waals surface area contributed by atoms with E-state index in [4.69, 9.17) is 4.98 Å². The molecule has 0 radical (unpaired) electrons. The fourth-order valence-corrected chi connectivity index (χ4v) is 3.03. The molecule has 0 spiro atoms. The third-order valence-electron chi connectivity index (χ3n) is 3.43. The quantitative estimate of drug-likeness (QED) is 0.679. The summed E-state index contributed by atoms with van der Waals surface area (Å²) in [5.41, 5.74) is 2.66. The van der Waals surface area contributed by atoms with E-state index in [1.165, 1.54) is 24.1 Å². The maximum atomic E-state index is 13.3. The normalized spacial score (nSPS) is 11.2. The number of hydrogen-bond acceptors (Lipinski definition) is 4. The van der Waals surface area contributed by atoms with E-state index >= 15 is 0 Å². The number of anilines is 1. The van der Waals surface area contributed by atoms with E-state index in [1.54, 1.807) is 0 Å². The summed E-state index contributed by atoms with van der Waals surface area (Å²) < 4.78 is 29.5. The standard InChI is InChI=1S/C18H17F2N3S/c1-23(2)11-13-7-6-12-4-3-5-17(18(12)21-13)22-24-14-8-9-15(19)16(20)10-14/h3-10,22H,11H2,1-2H3. The lowest BCUT2D eigenvalue weighted by atomic mass is 10.2. The molecule has 1 aromatic heterocycles. The molecule has 3 rings (SSSR count). The second-order valence-electron chi connectivity index (χ2n) is 5.70. The van der Waals surface area contributed by atoms with Crippen molar-refractivity contribution in [2.45, 2.75) is 11.4 Å². The highest BCUT2D eigenvalue weighted by atomic mass is 32.2. The van der Waals surface area contributed by atoms with E-state index in [2.05, 4.69) is 9.62 Å². The number of aromatic nitrogens is 1. The summed E-state index contributed by atoms with van der Waals surface area (Å²) in [6, 6.07) is 13.7. The predicted molar refractivity (Wildman–Crippen MR) is 95.0 cm³/mol. The Kier molecular flexibility index (Phi) is 4.97. The van der Waals surface area contributed by atoms with Crippen LogP contribution in [0.3, 0.4) is 0 Å². The van der Waals surface area contributed by atoms with Crippen LogP contribution < -0.4 is 4.72 Å². The molecule has 124 valence electrons. The van der Waals surface area contributed by atoms with Gasteiger partial charge in [-0.1, -0.05) is 18.2 Å². The molecule has 0 aliphatic heterocycles. The van der Waals surface area contributed by atoms with Crippen molar-refractivity contribution in [2.75, 3.05) is 18.8 Å². The molecule has 1 heterocycles. The Balaban J connectivity index is 1.86. The first-order valence-corrected chi connectivity index (χ1v) is 8.26. The van der Waals surface area contributed by atoms with Crippen LogP contribution in [0.25, 0.3) is 10.9 Å². The topological polar surface area (TPSA) is 28.2 Å². The van der Waals surface area contributed by atoms with Crippen molar-refractivity contribution in [1.29, 1.82) is 0 Å². The molecule has 2 aromatic carbocycles. The van der Waals surface area contributed by atoms with Gasteiger partial charge in [-0.2, -0.15) is 0 Å². The molecular weight excluding hydrogens is 328 g/mol. The van der Waals surface area contributed by atoms with E-state index in [0.29, 0.717) is 4.90 Å². The maximum absolute atomic E-state index is 13.3. The number of hydrogen-bond donors (Lipinski definition) is 1. The molecule has 6 heteroatoms. The third-order valence-corrected chi connectivity index (χ3v) is 4.24. The van der Waals surface area contributed by atoms with Crippen LogP contribution in [-0.2, 0) is 6.54 Å². The van der Waals surface area contributed by atoms with Gasteiger partial charge in [0.1, 0.15) is 0 Å². The van der Waals surface area contributed by atoms with Gasteiger partial charge in [-0.15, -0.1) is 0 Å². The summed E-state index contributed by atoms with van der Waals surface area (Å²) in [5.74, 6) is -1.70. The molecule has 3 nitrogen and oxygen atoms in total. The molecule has 3 aromatic rings. The smallest absolute Gasteiger partial charge is 0.160 e. The van der Waals surface area contributed by atoms with Crippen LogP contribution in [0.2, 0.25) is 0 Å². The molecule has 1 N–H and O–H groups in total. The SMILES string of the molecule is CN(C)Cc1ccc2cccc(NSc3ccc(F)c(F)c3)c2n1. The van der Waals surface area contributed by atoms with Crippen LogP contribution in [-0.4, -0.2) is 24.0 Å². The molecule has 0 bridgehead atoms. The van der Waals surface area contributed by atoms with Crippen LogP contribution in [0, 0.1) is 11.6 Å². The lowest BCUT2D eigenvalue weighted by Crippen LogP contribution is -2.11. The van der Waals surface area contributed by atoms with E-state index in [1.807, 2.05) is 44.4 Å². The Morgan fingerprint density at radius 1 is 1.04 bits per heavy atom. The molecule has 0 atom stereocenters. The monoisotopic (exact) mass is 345 g/mol. The average Bonchev–Trinajstić information content (AvgIpc) is 2.55. The third kappa shape index (κ3) is 3.83. The minimum atomic E-state index is -0.855. The fraction of sp³-hybridized carbons (Fsp3) is 0.167. The van der Waals surface area contributed by atoms with Crippen LogP contribution in [0.4, 0.5) is 14.5 Å². The Morgan fingerprint density at radius 3 is 2.62 bits per heavy atom. The van der Waals surface area contributed by atoms with E-state index in [-0.39, 0.29) is 0 Å². The Bertz CT molecular complexity index is 868. The minimum absolute atomic E-state index is 0.593. The zero-order chi connectivity index (χ0) is 17.1. The summed E-state index contributed by atoms with van der Waals surface area (Å²) in [7, 11) is 3.99. The average molecular weight is 345 g/mol. The second kappa shape index (κ2) is 7.15. The van der Waals surface area contributed by atoms with Gasteiger partial charge in [0, 0.05) is 16.8 Å². The summed E-state index contributed by atoms with van der Waals surface area (Å²) in [6.45, 7) is 0.751. The highest BCUT2D eigenvalue weighted by Gasteiger charge is 2.07. The lowest BCUT2D eigenvalue weighted by molar-refractivity contribution is 0.397. The molecular formula is C18H17F2N3S. The highest BCUT2D eigenvalue weighted by molar-refractivity contribution is 8.00. The number of nitrogens with zero attached hydrogens (tertiary/aromatic N) is 2. The molecule has 0 amide bonds. The van der Waals surface area contributed by atoms with Gasteiger partial charge in [0.25, 0.3) is 0 Å². The molecule has 0 aliphatic carbocycles. The second-order valence-corrected chi connectivity index (χ2v) is 6.58. The van der Waals surface area contributed by atoms with Crippen LogP contribution >= 0.6 is 11.9 Å². The summed E-state index contributed by atoms with van der Waals surface area (Å²) in [5, 5.41) is 1.02. The first kappa shape index (κ1) is 16.7. The summed E-state index contributed by atoms with van der Waals surface area (Å²) in [6.07, 6.45) is 0. The first-order chi connectivity index (χ1) is 11.5. The van der Waals surface area contributed by atoms with Gasteiger partial charge in [-0.25, -0.2) is 13.8 Å². The number of pyridine rings is 1. The van der Waals surface area contributed by atoms with Crippen molar-refractivity contribution < 1.29 is 8.78 Å². The molecule has 0 saturated carbocycles. The van der Waals surface area contributed by atoms with E-state index in [0.717, 1.165) is 34.9 Å². The zero-order valence-electron chi connectivity index (χ0n) is 13.4. The first-order valence-electron chi connectivity index (χ1n) is 7.44. The van der Waals surface area contributed by atoms with Crippen molar-refractivity contribution in [3.63, 3.8) is 0 Å². The fourth-order valence-electron chi connectivity index (χ4n) is 2.34. The zero-order valence-corrected chi connectivity index (χ0v) is 14.2. The van der Waals surface area contributed by atoms with Gasteiger partial charge in [-0.3, -0.25) is 0 Å². The molecule has 0 unspecified atom stereocenters. The van der Waals surface area contributed by atoms with Crippen LogP contribution in [0.5, 0.6) is 0 Å². The number of nitrogens with one attached hydrogen (secondary N) is 1. The van der Waals surface area contributed by atoms with E-state index < -0.39 is 11.6 Å². The number of para-hydroxylation sites is 1. The van der Waals surface area contributed by atoms with Crippen LogP contribution in [0.15, 0.2) is 53.4 Å². The Morgan fingerprint density at radius 2 is 1.88 bits per heavy atom. The van der Waals surface area contributed by atoms with Crippen LogP contribution in [0.1, 0.15) is 5.69 Å². The largest absolute Gasteiger partial charge is 0.324 e. The molecule has 24 heavy (non-hydrogen) atoms. The number of fused-ring (bicyclic) bond motifs is 1. The van der Waals surface area contributed by atoms with Crippen molar-refractivity contribution in [2.24, 2.45) is 0 Å². The molecule has 0 saturated heterocycles. The van der Waals surface area contributed by atoms with Gasteiger partial charge >= 0.3 is 0 Å². The summed E-state index contributed by atoms with van der Waals surface area (Å²) >= 11 is 1.22. The molecule has 0 aliphatic rings. The van der Waals surface area contributed by atoms with E-state index in [9.17, 15) is 8.78 Å². The van der Waals surface area contributed by atoms with Crippen molar-refractivity contribution >= 4 is 28.5 Å². The minimum Gasteiger partial charge on any atom is -0.324 e. The van der Waals surface area contributed by atoms with Crippen molar-refractivity contribution in [3.8, 4) is 0 Å². The van der Waals surface area contributed by atoms with Crippen molar-refractivity contribution in [1.82, 2.24) is 9.88 Å². The van der Waals surface area contributed by atoms with Gasteiger partial charge in [0.05, 0.1) is 16.9 Å². The maximum Gasteiger partial charge on any atom is 0.160 e. The summed E-state index contributed by atoms with van der Waals surface area (Å²) in [4.78, 5) is 7.36. The predicted octanol–water partition coefficient (Wildman–Crippen LogP) is 4.69. The molecule has 0 fully saturated rings. The highest BCUT2D eigenvalue weighted by Crippen LogP contribution is 2.28. The van der Waals surface area contributed by atoms with Gasteiger partial charge in [0.15, 0.2) is 11.6 Å². The van der Waals surface area contributed by atoms with Gasteiger partial charge in [0.2, 0.25) is 0 Å². The van der Waals surface area contributed by atoms with Gasteiger partial charge in [-0.05, 0) is 56.4 Å². The number of halogens is 2. The van der Waals surface area contributed by atoms with Crippen molar-refractivity contribution in [3.05, 3.63) is 65.9 Å². The van der Waals surface area contributed by atoms with Gasteiger partial charge < -0.3 is 9.62 Å². The Hall–Kier alpha value is -2.18. The lowest BCUT2D eigenvalue weighted by Gasteiger charge is -2.12.